The first-order valence-corrected chi connectivity index (χ1v) is 9.91. The second kappa shape index (κ2) is 8.93. The maximum absolute atomic E-state index is 12.8. The highest BCUT2D eigenvalue weighted by Gasteiger charge is 2.13. The van der Waals surface area contributed by atoms with Crippen LogP contribution in [0.4, 0.5) is 5.82 Å². The number of Topliss-reactive ketones (excluding diaryl/α,β-unsaturated/α-hetero) is 1. The van der Waals surface area contributed by atoms with Crippen molar-refractivity contribution < 1.29 is 9.53 Å². The number of fused-ring (bicyclic) bond motifs is 1. The first kappa shape index (κ1) is 19.9. The fourth-order valence-electron chi connectivity index (χ4n) is 3.28. The van der Waals surface area contributed by atoms with Crippen LogP contribution in [0.2, 0.25) is 5.15 Å². The summed E-state index contributed by atoms with van der Waals surface area (Å²) in [6.45, 7) is 0.614. The molecule has 0 bridgehead atoms. The summed E-state index contributed by atoms with van der Waals surface area (Å²) in [5, 5.41) is 13.3. The Labute approximate surface area is 179 Å². The average Bonchev–Trinajstić information content (AvgIpc) is 2.79. The fourth-order valence-corrected chi connectivity index (χ4v) is 3.47. The molecule has 5 nitrogen and oxygen atoms in total. The highest BCUT2D eigenvalue weighted by atomic mass is 35.5. The van der Waals surface area contributed by atoms with E-state index in [2.05, 4.69) is 15.5 Å². The van der Waals surface area contributed by atoms with Gasteiger partial charge in [0.15, 0.2) is 16.8 Å². The molecule has 150 valence electrons. The topological polar surface area (TPSA) is 64.1 Å². The number of nitrogens with zero attached hydrogens (tertiary/aromatic N) is 2. The number of ether oxygens (including phenoxy) is 1. The maximum atomic E-state index is 12.8. The summed E-state index contributed by atoms with van der Waals surface area (Å²) in [5.41, 5.74) is 2.60. The van der Waals surface area contributed by atoms with E-state index in [0.717, 1.165) is 22.3 Å². The number of rotatable bonds is 7. The van der Waals surface area contributed by atoms with Crippen LogP contribution in [0.5, 0.6) is 5.75 Å². The zero-order valence-electron chi connectivity index (χ0n) is 16.4. The minimum atomic E-state index is -0.00294. The Kier molecular flexibility index (Phi) is 5.91. The van der Waals surface area contributed by atoms with E-state index >= 15 is 0 Å². The van der Waals surface area contributed by atoms with Crippen LogP contribution in [0, 0.1) is 0 Å². The van der Waals surface area contributed by atoms with Gasteiger partial charge < -0.3 is 10.1 Å². The zero-order valence-corrected chi connectivity index (χ0v) is 17.2. The molecule has 1 heterocycles. The summed E-state index contributed by atoms with van der Waals surface area (Å²) >= 11 is 6.29. The minimum absolute atomic E-state index is 0.00294. The van der Waals surface area contributed by atoms with Crippen LogP contribution in [0.25, 0.3) is 10.8 Å². The highest BCUT2D eigenvalue weighted by Crippen LogP contribution is 2.28. The third-order valence-electron chi connectivity index (χ3n) is 4.86. The number of benzene rings is 3. The standard InChI is InChI=1S/C24H20ClN3O2/c1-30-19-9-5-8-17(12-19)13-22(29)18-10-11-20-21(14-18)23(25)27-28-24(20)26-15-16-6-3-2-4-7-16/h2-12,14H,13,15H2,1H3,(H,26,28). The van der Waals surface area contributed by atoms with Crippen LogP contribution in [0.1, 0.15) is 21.5 Å². The van der Waals surface area contributed by atoms with E-state index < -0.39 is 0 Å². The predicted octanol–water partition coefficient (Wildman–Crippen LogP) is 5.33. The van der Waals surface area contributed by atoms with Crippen LogP contribution in [0.3, 0.4) is 0 Å². The van der Waals surface area contributed by atoms with Crippen LogP contribution >= 0.6 is 11.6 Å². The maximum Gasteiger partial charge on any atom is 0.167 e. The normalized spacial score (nSPS) is 10.7. The summed E-state index contributed by atoms with van der Waals surface area (Å²) < 4.78 is 5.23. The Morgan fingerprint density at radius 1 is 0.933 bits per heavy atom. The molecule has 0 aliphatic rings. The second-order valence-electron chi connectivity index (χ2n) is 6.89. The van der Waals surface area contributed by atoms with E-state index in [9.17, 15) is 4.79 Å². The van der Waals surface area contributed by atoms with Crippen LogP contribution in [0.15, 0.2) is 72.8 Å². The number of hydrogen-bond donors (Lipinski definition) is 1. The molecule has 1 N–H and O–H groups in total. The lowest BCUT2D eigenvalue weighted by Gasteiger charge is -2.10. The lowest BCUT2D eigenvalue weighted by Crippen LogP contribution is -2.06. The molecule has 0 saturated carbocycles. The van der Waals surface area contributed by atoms with E-state index in [1.807, 2.05) is 60.7 Å². The molecular formula is C24H20ClN3O2. The number of methoxy groups -OCH3 is 1. The van der Waals surface area contributed by atoms with Gasteiger partial charge in [0.25, 0.3) is 0 Å². The monoisotopic (exact) mass is 417 g/mol. The molecule has 0 aliphatic heterocycles. The summed E-state index contributed by atoms with van der Waals surface area (Å²) in [4.78, 5) is 12.8. The van der Waals surface area contributed by atoms with Gasteiger partial charge in [0, 0.05) is 29.3 Å². The van der Waals surface area contributed by atoms with Gasteiger partial charge in [0.1, 0.15) is 5.75 Å². The average molecular weight is 418 g/mol. The Bertz CT molecular complexity index is 1200. The van der Waals surface area contributed by atoms with E-state index in [-0.39, 0.29) is 17.4 Å². The van der Waals surface area contributed by atoms with Gasteiger partial charge in [0.05, 0.1) is 7.11 Å². The van der Waals surface area contributed by atoms with Gasteiger partial charge in [-0.1, -0.05) is 60.1 Å². The zero-order chi connectivity index (χ0) is 20.9. The Morgan fingerprint density at radius 3 is 2.53 bits per heavy atom. The molecule has 0 amide bonds. The number of carbonyl (C=O) groups excluding carboxylic acids is 1. The van der Waals surface area contributed by atoms with Crippen molar-refractivity contribution in [2.75, 3.05) is 12.4 Å². The summed E-state index contributed by atoms with van der Waals surface area (Å²) in [6, 6.07) is 23.0. The summed E-state index contributed by atoms with van der Waals surface area (Å²) in [7, 11) is 1.61. The smallest absolute Gasteiger partial charge is 0.167 e. The van der Waals surface area contributed by atoms with Crippen molar-refractivity contribution in [1.29, 1.82) is 0 Å². The van der Waals surface area contributed by atoms with Gasteiger partial charge in [-0.3, -0.25) is 4.79 Å². The van der Waals surface area contributed by atoms with Crippen molar-refractivity contribution in [3.05, 3.63) is 94.6 Å². The molecule has 0 atom stereocenters. The number of ketones is 1. The molecule has 0 aliphatic carbocycles. The van der Waals surface area contributed by atoms with E-state index in [0.29, 0.717) is 23.3 Å². The molecule has 4 rings (SSSR count). The largest absolute Gasteiger partial charge is 0.497 e. The Balaban J connectivity index is 1.58. The number of hydrogen-bond acceptors (Lipinski definition) is 5. The lowest BCUT2D eigenvalue weighted by atomic mass is 10.0. The Hall–Kier alpha value is -3.44. The van der Waals surface area contributed by atoms with Gasteiger partial charge in [-0.2, -0.15) is 0 Å². The number of aromatic nitrogens is 2. The fraction of sp³-hybridized carbons (Fsp3) is 0.125. The molecule has 0 saturated heterocycles. The van der Waals surface area contributed by atoms with Crippen molar-refractivity contribution in [3.63, 3.8) is 0 Å². The molecule has 0 fully saturated rings. The van der Waals surface area contributed by atoms with Crippen LogP contribution in [-0.4, -0.2) is 23.1 Å². The van der Waals surface area contributed by atoms with Crippen molar-refractivity contribution in [2.24, 2.45) is 0 Å². The molecular weight excluding hydrogens is 398 g/mol. The summed E-state index contributed by atoms with van der Waals surface area (Å²) in [6.07, 6.45) is 0.276. The first-order valence-electron chi connectivity index (χ1n) is 9.54. The third kappa shape index (κ3) is 4.42. The molecule has 1 aromatic heterocycles. The quantitative estimate of drug-likeness (QED) is 0.412. The summed E-state index contributed by atoms with van der Waals surface area (Å²) in [5.74, 6) is 1.35. The number of carbonyl (C=O) groups is 1. The second-order valence-corrected chi connectivity index (χ2v) is 7.25. The Morgan fingerprint density at radius 2 is 1.73 bits per heavy atom. The SMILES string of the molecule is COc1cccc(CC(=O)c2ccc3c(NCc4ccccc4)nnc(Cl)c3c2)c1. The highest BCUT2D eigenvalue weighted by molar-refractivity contribution is 6.34. The van der Waals surface area contributed by atoms with Crippen LogP contribution < -0.4 is 10.1 Å². The minimum Gasteiger partial charge on any atom is -0.497 e. The van der Waals surface area contributed by atoms with E-state index in [4.69, 9.17) is 16.3 Å². The van der Waals surface area contributed by atoms with Crippen molar-refractivity contribution in [1.82, 2.24) is 10.2 Å². The molecule has 4 aromatic rings. The molecule has 0 spiro atoms. The van der Waals surface area contributed by atoms with Crippen molar-refractivity contribution in [3.8, 4) is 5.75 Å². The third-order valence-corrected chi connectivity index (χ3v) is 5.14. The van der Waals surface area contributed by atoms with Crippen molar-refractivity contribution >= 4 is 34.0 Å². The molecule has 0 unspecified atom stereocenters. The lowest BCUT2D eigenvalue weighted by molar-refractivity contribution is 0.0993. The molecule has 6 heteroatoms. The molecule has 0 radical (unpaired) electrons. The first-order chi connectivity index (χ1) is 14.6. The van der Waals surface area contributed by atoms with Gasteiger partial charge in [-0.25, -0.2) is 0 Å². The van der Waals surface area contributed by atoms with Gasteiger partial charge in [0.2, 0.25) is 0 Å². The molecule has 30 heavy (non-hydrogen) atoms. The van der Waals surface area contributed by atoms with Gasteiger partial charge in [-0.05, 0) is 35.4 Å². The number of nitrogens with one attached hydrogen (secondary N) is 1. The predicted molar refractivity (Wildman–Crippen MR) is 119 cm³/mol. The van der Waals surface area contributed by atoms with Gasteiger partial charge >= 0.3 is 0 Å². The van der Waals surface area contributed by atoms with Gasteiger partial charge in [-0.15, -0.1) is 10.2 Å². The van der Waals surface area contributed by atoms with E-state index in [1.54, 1.807) is 19.2 Å². The number of anilines is 1. The van der Waals surface area contributed by atoms with Crippen LogP contribution in [-0.2, 0) is 13.0 Å². The van der Waals surface area contributed by atoms with E-state index in [1.165, 1.54) is 0 Å². The molecule has 3 aromatic carbocycles. The number of halogens is 1. The van der Waals surface area contributed by atoms with Crippen molar-refractivity contribution in [2.45, 2.75) is 13.0 Å².